The van der Waals surface area contributed by atoms with Gasteiger partial charge in [-0.15, -0.1) is 0 Å². The van der Waals surface area contributed by atoms with Crippen molar-refractivity contribution in [1.82, 2.24) is 5.32 Å². The molecule has 0 spiro atoms. The highest BCUT2D eigenvalue weighted by Gasteiger charge is 2.28. The average Bonchev–Trinajstić information content (AvgIpc) is 3.14. The lowest BCUT2D eigenvalue weighted by atomic mass is 10.2. The summed E-state index contributed by atoms with van der Waals surface area (Å²) in [5.41, 5.74) is 1.73. The predicted molar refractivity (Wildman–Crippen MR) is 146 cm³/mol. The van der Waals surface area contributed by atoms with Crippen LogP contribution in [0.1, 0.15) is 18.1 Å². The molecule has 1 aliphatic heterocycles. The van der Waals surface area contributed by atoms with Gasteiger partial charge in [-0.1, -0.05) is 52.0 Å². The number of para-hydroxylation sites is 1. The quantitative estimate of drug-likeness (QED) is 0.207. The van der Waals surface area contributed by atoms with E-state index in [1.165, 1.54) is 17.8 Å². The standard InChI is InChI=1S/C25H21BrFIN2O3S/c1-2-32-21-12-16(11-19(28)23(21)33-14-15-7-9-17(26)10-8-15)13-22-24(31)30-25(34-22)29-20-6-4-3-5-18(20)27/h3-13,25,29H,2,14H2,1H3,(H,30,31)/b22-13-. The number of halogens is 3. The van der Waals surface area contributed by atoms with E-state index in [-0.39, 0.29) is 11.7 Å². The molecule has 176 valence electrons. The molecule has 3 aromatic rings. The molecule has 5 nitrogen and oxygen atoms in total. The van der Waals surface area contributed by atoms with Gasteiger partial charge >= 0.3 is 0 Å². The summed E-state index contributed by atoms with van der Waals surface area (Å²) in [6.45, 7) is 2.80. The van der Waals surface area contributed by atoms with Gasteiger partial charge in [0.1, 0.15) is 12.4 Å². The van der Waals surface area contributed by atoms with E-state index in [1.807, 2.05) is 43.3 Å². The van der Waals surface area contributed by atoms with Crippen molar-refractivity contribution < 1.29 is 18.7 Å². The summed E-state index contributed by atoms with van der Waals surface area (Å²) in [6.07, 6.45) is 1.80. The first-order chi connectivity index (χ1) is 16.4. The summed E-state index contributed by atoms with van der Waals surface area (Å²) in [5.74, 6) is 0.685. The number of carbonyl (C=O) groups is 1. The Morgan fingerprint density at radius 3 is 2.68 bits per heavy atom. The summed E-state index contributed by atoms with van der Waals surface area (Å²) >= 11 is 6.95. The van der Waals surface area contributed by atoms with Crippen LogP contribution in [0.5, 0.6) is 11.5 Å². The zero-order valence-electron chi connectivity index (χ0n) is 18.1. The van der Waals surface area contributed by atoms with Crippen molar-refractivity contribution >= 4 is 68.0 Å². The molecule has 1 fully saturated rings. The van der Waals surface area contributed by atoms with E-state index >= 15 is 0 Å². The lowest BCUT2D eigenvalue weighted by Crippen LogP contribution is -2.31. The Morgan fingerprint density at radius 1 is 1.18 bits per heavy atom. The third-order valence-electron chi connectivity index (χ3n) is 4.82. The average molecular weight is 655 g/mol. The van der Waals surface area contributed by atoms with Gasteiger partial charge in [0, 0.05) is 4.47 Å². The van der Waals surface area contributed by atoms with Gasteiger partial charge in [0.25, 0.3) is 5.91 Å². The van der Waals surface area contributed by atoms with Crippen LogP contribution in [0.25, 0.3) is 6.08 Å². The minimum absolute atomic E-state index is 0.220. The monoisotopic (exact) mass is 654 g/mol. The number of carbonyl (C=O) groups excluding carboxylic acids is 1. The Labute approximate surface area is 223 Å². The summed E-state index contributed by atoms with van der Waals surface area (Å²) in [4.78, 5) is 13.0. The number of amides is 1. The molecule has 1 saturated heterocycles. The first kappa shape index (κ1) is 24.9. The van der Waals surface area contributed by atoms with E-state index in [0.717, 1.165) is 19.2 Å². The molecule has 2 N–H and O–H groups in total. The summed E-state index contributed by atoms with van der Waals surface area (Å²) in [5, 5.41) is 5.83. The molecule has 1 amide bonds. The lowest BCUT2D eigenvalue weighted by Gasteiger charge is -2.15. The molecule has 0 bridgehead atoms. The van der Waals surface area contributed by atoms with Gasteiger partial charge in [-0.05, 0) is 83.1 Å². The normalized spacial score (nSPS) is 16.4. The number of nitrogens with one attached hydrogen (secondary N) is 2. The first-order valence-corrected chi connectivity index (χ1v) is 13.2. The molecule has 3 aromatic carbocycles. The Kier molecular flexibility index (Phi) is 8.38. The molecule has 4 rings (SSSR count). The fourth-order valence-electron chi connectivity index (χ4n) is 3.25. The Morgan fingerprint density at radius 2 is 1.94 bits per heavy atom. The van der Waals surface area contributed by atoms with E-state index in [2.05, 4.69) is 49.2 Å². The molecule has 1 atom stereocenters. The van der Waals surface area contributed by atoms with Gasteiger partial charge in [0.2, 0.25) is 0 Å². The summed E-state index contributed by atoms with van der Waals surface area (Å²) < 4.78 is 27.8. The number of ether oxygens (including phenoxy) is 2. The minimum atomic E-state index is -0.463. The molecular formula is C25H21BrFIN2O3S. The molecule has 0 radical (unpaired) electrons. The minimum Gasteiger partial charge on any atom is -0.490 e. The van der Waals surface area contributed by atoms with Crippen molar-refractivity contribution in [2.24, 2.45) is 0 Å². The molecule has 1 heterocycles. The highest BCUT2D eigenvalue weighted by molar-refractivity contribution is 14.1. The van der Waals surface area contributed by atoms with Gasteiger partial charge in [-0.25, -0.2) is 4.39 Å². The van der Waals surface area contributed by atoms with Crippen LogP contribution in [-0.2, 0) is 11.4 Å². The van der Waals surface area contributed by atoms with Crippen LogP contribution in [0, 0.1) is 9.39 Å². The summed E-state index contributed by atoms with van der Waals surface area (Å²) in [7, 11) is 0. The number of rotatable bonds is 8. The number of thioether (sulfide) groups is 1. The third-order valence-corrected chi connectivity index (χ3v) is 7.18. The number of hydrogen-bond donors (Lipinski definition) is 2. The maximum atomic E-state index is 13.9. The van der Waals surface area contributed by atoms with E-state index in [9.17, 15) is 9.18 Å². The zero-order chi connectivity index (χ0) is 24.1. The van der Waals surface area contributed by atoms with Gasteiger partial charge < -0.3 is 20.1 Å². The van der Waals surface area contributed by atoms with Crippen molar-refractivity contribution in [3.63, 3.8) is 0 Å². The van der Waals surface area contributed by atoms with Crippen molar-refractivity contribution in [1.29, 1.82) is 0 Å². The topological polar surface area (TPSA) is 59.6 Å². The van der Waals surface area contributed by atoms with E-state index in [1.54, 1.807) is 24.3 Å². The molecule has 1 unspecified atom stereocenters. The Hall–Kier alpha value is -2.24. The van der Waals surface area contributed by atoms with Crippen molar-refractivity contribution in [3.05, 3.63) is 90.6 Å². The van der Waals surface area contributed by atoms with Crippen molar-refractivity contribution in [2.45, 2.75) is 19.0 Å². The van der Waals surface area contributed by atoms with E-state index < -0.39 is 5.50 Å². The predicted octanol–water partition coefficient (Wildman–Crippen LogP) is 6.77. The van der Waals surface area contributed by atoms with Crippen LogP contribution >= 0.6 is 50.3 Å². The highest BCUT2D eigenvalue weighted by Crippen LogP contribution is 2.37. The van der Waals surface area contributed by atoms with Crippen LogP contribution < -0.4 is 20.1 Å². The molecule has 0 aromatic heterocycles. The van der Waals surface area contributed by atoms with Gasteiger partial charge in [0.15, 0.2) is 17.0 Å². The van der Waals surface area contributed by atoms with Crippen LogP contribution in [0.15, 0.2) is 70.0 Å². The van der Waals surface area contributed by atoms with Crippen molar-refractivity contribution in [2.75, 3.05) is 11.9 Å². The molecule has 0 aliphatic carbocycles. The molecule has 1 aliphatic rings. The van der Waals surface area contributed by atoms with Gasteiger partial charge in [-0.3, -0.25) is 4.79 Å². The van der Waals surface area contributed by atoms with Gasteiger partial charge in [0.05, 0.1) is 20.8 Å². The van der Waals surface area contributed by atoms with Gasteiger partial charge in [-0.2, -0.15) is 0 Å². The fraction of sp³-hybridized carbons (Fsp3) is 0.160. The maximum Gasteiger partial charge on any atom is 0.260 e. The highest BCUT2D eigenvalue weighted by atomic mass is 127. The number of anilines is 1. The molecule has 34 heavy (non-hydrogen) atoms. The third kappa shape index (κ3) is 6.25. The molecule has 0 saturated carbocycles. The second-order valence-corrected chi connectivity index (χ2v) is 10.5. The van der Waals surface area contributed by atoms with Crippen molar-refractivity contribution in [3.8, 4) is 11.5 Å². The van der Waals surface area contributed by atoms with E-state index in [0.29, 0.717) is 35.3 Å². The number of hydrogen-bond acceptors (Lipinski definition) is 5. The van der Waals surface area contributed by atoms with Crippen LogP contribution in [0.3, 0.4) is 0 Å². The smallest absolute Gasteiger partial charge is 0.260 e. The van der Waals surface area contributed by atoms with Crippen LogP contribution in [0.4, 0.5) is 10.1 Å². The SMILES string of the molecule is CCOc1cc(/C=C2\SC(Nc3ccccc3F)NC2=O)cc(I)c1OCc1ccc(Br)cc1. The Balaban J connectivity index is 1.51. The second kappa shape index (κ2) is 11.5. The largest absolute Gasteiger partial charge is 0.490 e. The number of benzene rings is 3. The van der Waals surface area contributed by atoms with Crippen LogP contribution in [-0.4, -0.2) is 18.0 Å². The zero-order valence-corrected chi connectivity index (χ0v) is 22.7. The lowest BCUT2D eigenvalue weighted by molar-refractivity contribution is -0.116. The maximum absolute atomic E-state index is 13.9. The fourth-order valence-corrected chi connectivity index (χ4v) is 5.27. The second-order valence-electron chi connectivity index (χ2n) is 7.28. The molecular weight excluding hydrogens is 634 g/mol. The molecule has 9 heteroatoms. The summed E-state index contributed by atoms with van der Waals surface area (Å²) in [6, 6.07) is 18.1. The Bertz CT molecular complexity index is 1220. The first-order valence-electron chi connectivity index (χ1n) is 10.5. The van der Waals surface area contributed by atoms with E-state index in [4.69, 9.17) is 9.47 Å². The van der Waals surface area contributed by atoms with Crippen LogP contribution in [0.2, 0.25) is 0 Å².